The Labute approximate surface area is 161 Å². The number of halogens is 2. The van der Waals surface area contributed by atoms with Gasteiger partial charge in [0.25, 0.3) is 5.91 Å². The summed E-state index contributed by atoms with van der Waals surface area (Å²) < 4.78 is 0. The summed E-state index contributed by atoms with van der Waals surface area (Å²) >= 11 is 13.5. The second-order valence-corrected chi connectivity index (χ2v) is 7.25. The largest absolute Gasteiger partial charge is 0.332 e. The maximum absolute atomic E-state index is 12.2. The van der Waals surface area contributed by atoms with E-state index in [1.807, 2.05) is 42.6 Å². The van der Waals surface area contributed by atoms with Gasteiger partial charge in [0.15, 0.2) is 6.54 Å². The van der Waals surface area contributed by atoms with E-state index in [9.17, 15) is 4.79 Å². The van der Waals surface area contributed by atoms with Gasteiger partial charge in [-0.15, -0.1) is 11.8 Å². The molecule has 130 valence electrons. The third-order valence-electron chi connectivity index (χ3n) is 3.56. The molecule has 1 atom stereocenters. The molecule has 2 aromatic carbocycles. The quantitative estimate of drug-likeness (QED) is 0.700. The third-order valence-corrected chi connectivity index (χ3v) is 5.07. The number of nitriles is 1. The first-order chi connectivity index (χ1) is 12.0. The minimum atomic E-state index is -0.109. The molecule has 0 aliphatic rings. The molecule has 0 spiro atoms. The van der Waals surface area contributed by atoms with Gasteiger partial charge in [-0.1, -0.05) is 41.4 Å². The second kappa shape index (κ2) is 9.69. The first-order valence-electron chi connectivity index (χ1n) is 7.68. The van der Waals surface area contributed by atoms with Gasteiger partial charge >= 0.3 is 0 Å². The van der Waals surface area contributed by atoms with E-state index in [1.165, 1.54) is 11.8 Å². The van der Waals surface area contributed by atoms with Gasteiger partial charge in [0.1, 0.15) is 6.04 Å². The van der Waals surface area contributed by atoms with E-state index < -0.39 is 0 Å². The summed E-state index contributed by atoms with van der Waals surface area (Å²) in [6.45, 7) is 2.25. The highest BCUT2D eigenvalue weighted by atomic mass is 35.5. The minimum Gasteiger partial charge on any atom is -0.332 e. The zero-order valence-electron chi connectivity index (χ0n) is 13.6. The molecule has 0 heterocycles. The minimum absolute atomic E-state index is 0.0266. The van der Waals surface area contributed by atoms with Crippen LogP contribution in [0.4, 0.5) is 5.69 Å². The van der Waals surface area contributed by atoms with Gasteiger partial charge in [-0.3, -0.25) is 4.79 Å². The van der Waals surface area contributed by atoms with Crippen molar-refractivity contribution < 1.29 is 10.1 Å². The first kappa shape index (κ1) is 19.6. The summed E-state index contributed by atoms with van der Waals surface area (Å²) in [5, 5.41) is 14.7. The summed E-state index contributed by atoms with van der Waals surface area (Å²) in [5.74, 6) is 0.229. The van der Waals surface area contributed by atoms with Gasteiger partial charge in [0, 0.05) is 15.5 Å². The Morgan fingerprint density at radius 2 is 2.08 bits per heavy atom. The number of benzene rings is 2. The number of hydrogen-bond donors (Lipinski definition) is 2. The summed E-state index contributed by atoms with van der Waals surface area (Å²) in [5.41, 5.74) is 1.65. The lowest BCUT2D eigenvalue weighted by atomic mass is 10.1. The van der Waals surface area contributed by atoms with Crippen LogP contribution in [-0.4, -0.2) is 18.2 Å². The van der Waals surface area contributed by atoms with E-state index in [2.05, 4.69) is 11.4 Å². The van der Waals surface area contributed by atoms with E-state index in [0.717, 1.165) is 16.1 Å². The maximum atomic E-state index is 12.2. The SMILES string of the molecule is C[C@@H]([NH2+]CC(=O)Nc1ccccc1SCC#N)c1ccc(Cl)cc1Cl. The Hall–Kier alpha value is -1.71. The first-order valence-corrected chi connectivity index (χ1v) is 9.42. The monoisotopic (exact) mass is 394 g/mol. The Kier molecular flexibility index (Phi) is 7.60. The van der Waals surface area contributed by atoms with Crippen molar-refractivity contribution in [3.05, 3.63) is 58.1 Å². The average molecular weight is 395 g/mol. The molecule has 1 amide bonds. The molecule has 0 bridgehead atoms. The van der Waals surface area contributed by atoms with Crippen LogP contribution >= 0.6 is 35.0 Å². The molecule has 4 nitrogen and oxygen atoms in total. The molecule has 3 N–H and O–H groups in total. The number of nitrogens with two attached hydrogens (primary N) is 1. The number of carbonyl (C=O) groups excluding carboxylic acids is 1. The van der Waals surface area contributed by atoms with Crippen molar-refractivity contribution in [1.82, 2.24) is 0 Å². The van der Waals surface area contributed by atoms with E-state index in [4.69, 9.17) is 28.5 Å². The number of rotatable bonds is 7. The van der Waals surface area contributed by atoms with Gasteiger partial charge in [-0.25, -0.2) is 0 Å². The Balaban J connectivity index is 1.94. The van der Waals surface area contributed by atoms with E-state index in [0.29, 0.717) is 15.8 Å². The molecule has 0 fully saturated rings. The molecule has 0 radical (unpaired) electrons. The number of para-hydroxylation sites is 1. The van der Waals surface area contributed by atoms with Crippen molar-refractivity contribution in [1.29, 1.82) is 5.26 Å². The highest BCUT2D eigenvalue weighted by Crippen LogP contribution is 2.26. The molecule has 7 heteroatoms. The molecule has 0 saturated heterocycles. The van der Waals surface area contributed by atoms with Gasteiger partial charge in [-0.2, -0.15) is 5.26 Å². The van der Waals surface area contributed by atoms with Crippen molar-refractivity contribution in [2.45, 2.75) is 17.9 Å². The van der Waals surface area contributed by atoms with Crippen LogP contribution in [0.15, 0.2) is 47.4 Å². The topological polar surface area (TPSA) is 69.5 Å². The van der Waals surface area contributed by atoms with Crippen LogP contribution in [0.25, 0.3) is 0 Å². The third kappa shape index (κ3) is 5.94. The normalized spacial score (nSPS) is 11.6. The molecule has 0 unspecified atom stereocenters. The highest BCUT2D eigenvalue weighted by molar-refractivity contribution is 7.99. The van der Waals surface area contributed by atoms with Crippen LogP contribution < -0.4 is 10.6 Å². The lowest BCUT2D eigenvalue weighted by molar-refractivity contribution is -0.682. The van der Waals surface area contributed by atoms with Gasteiger partial charge in [0.05, 0.1) is 22.5 Å². The summed E-state index contributed by atoms with van der Waals surface area (Å²) in [7, 11) is 0. The number of anilines is 1. The number of quaternary nitrogens is 1. The summed E-state index contributed by atoms with van der Waals surface area (Å²) in [6, 6.07) is 14.9. The molecular weight excluding hydrogens is 377 g/mol. The molecule has 2 rings (SSSR count). The fourth-order valence-corrected chi connectivity index (χ4v) is 3.54. The zero-order valence-corrected chi connectivity index (χ0v) is 16.0. The van der Waals surface area contributed by atoms with Crippen LogP contribution in [0.2, 0.25) is 10.0 Å². The predicted octanol–water partition coefficient (Wildman–Crippen LogP) is 3.87. The smallest absolute Gasteiger partial charge is 0.279 e. The van der Waals surface area contributed by atoms with Crippen molar-refractivity contribution in [3.8, 4) is 6.07 Å². The van der Waals surface area contributed by atoms with Crippen molar-refractivity contribution in [3.63, 3.8) is 0 Å². The van der Waals surface area contributed by atoms with E-state index in [-0.39, 0.29) is 18.5 Å². The van der Waals surface area contributed by atoms with Gasteiger partial charge in [-0.05, 0) is 31.2 Å². The molecule has 0 aliphatic carbocycles. The molecule has 0 aliphatic heterocycles. The Bertz CT molecular complexity index is 792. The number of thioether (sulfide) groups is 1. The van der Waals surface area contributed by atoms with Crippen LogP contribution in [0.1, 0.15) is 18.5 Å². The number of nitrogens with zero attached hydrogens (tertiary/aromatic N) is 1. The molecule has 0 saturated carbocycles. The lowest BCUT2D eigenvalue weighted by Gasteiger charge is -2.14. The molecule has 0 aromatic heterocycles. The Morgan fingerprint density at radius 3 is 2.80 bits per heavy atom. The fraction of sp³-hybridized carbons (Fsp3) is 0.222. The standard InChI is InChI=1S/C18H17Cl2N3OS/c1-12(14-7-6-13(19)10-15(14)20)22-11-18(24)23-16-4-2-3-5-17(16)25-9-8-21/h2-7,10,12,22H,9,11H2,1H3,(H,23,24)/p+1/t12-/m1/s1. The lowest BCUT2D eigenvalue weighted by Crippen LogP contribution is -2.86. The van der Waals surface area contributed by atoms with Crippen molar-refractivity contribution in [2.75, 3.05) is 17.6 Å². The number of hydrogen-bond acceptors (Lipinski definition) is 3. The van der Waals surface area contributed by atoms with Crippen molar-refractivity contribution in [2.24, 2.45) is 0 Å². The predicted molar refractivity (Wildman–Crippen MR) is 103 cm³/mol. The molecular formula is C18H18Cl2N3OS+. The molecule has 2 aromatic rings. The van der Waals surface area contributed by atoms with Crippen LogP contribution in [-0.2, 0) is 4.79 Å². The maximum Gasteiger partial charge on any atom is 0.279 e. The van der Waals surface area contributed by atoms with Crippen LogP contribution in [0.3, 0.4) is 0 Å². The number of amides is 1. The van der Waals surface area contributed by atoms with Crippen LogP contribution in [0, 0.1) is 11.3 Å². The van der Waals surface area contributed by atoms with E-state index in [1.54, 1.807) is 12.1 Å². The number of nitrogens with one attached hydrogen (secondary N) is 1. The number of carbonyl (C=O) groups is 1. The summed E-state index contributed by atoms with van der Waals surface area (Å²) in [4.78, 5) is 13.1. The Morgan fingerprint density at radius 1 is 1.32 bits per heavy atom. The second-order valence-electron chi connectivity index (χ2n) is 5.39. The summed E-state index contributed by atoms with van der Waals surface area (Å²) in [6.07, 6.45) is 0. The highest BCUT2D eigenvalue weighted by Gasteiger charge is 2.15. The average Bonchev–Trinajstić information content (AvgIpc) is 2.59. The van der Waals surface area contributed by atoms with Crippen LogP contribution in [0.5, 0.6) is 0 Å². The van der Waals surface area contributed by atoms with Gasteiger partial charge < -0.3 is 10.6 Å². The van der Waals surface area contributed by atoms with Gasteiger partial charge in [0.2, 0.25) is 0 Å². The zero-order chi connectivity index (χ0) is 18.2. The van der Waals surface area contributed by atoms with E-state index >= 15 is 0 Å². The molecule has 25 heavy (non-hydrogen) atoms. The fourth-order valence-electron chi connectivity index (χ4n) is 2.29. The van der Waals surface area contributed by atoms with Crippen molar-refractivity contribution >= 4 is 46.6 Å².